The minimum atomic E-state index is -0.773. The Morgan fingerprint density at radius 2 is 2.20 bits per heavy atom. The van der Waals surface area contributed by atoms with E-state index in [1.54, 1.807) is 30.6 Å². The van der Waals surface area contributed by atoms with Crippen LogP contribution in [0, 0.1) is 0 Å². The number of hydrogen-bond acceptors (Lipinski definition) is 5. The molecule has 25 heavy (non-hydrogen) atoms. The maximum absolute atomic E-state index is 12.4. The van der Waals surface area contributed by atoms with E-state index >= 15 is 0 Å². The number of aromatic amines is 1. The largest absolute Gasteiger partial charge is 0.486 e. The van der Waals surface area contributed by atoms with Gasteiger partial charge in [0, 0.05) is 17.3 Å². The molecular weight excluding hydrogens is 320 g/mol. The molecule has 3 rings (SSSR count). The summed E-state index contributed by atoms with van der Waals surface area (Å²) < 4.78 is 5.77. The highest BCUT2D eigenvalue weighted by Crippen LogP contribution is 2.25. The summed E-state index contributed by atoms with van der Waals surface area (Å²) in [4.78, 5) is 16.4. The first kappa shape index (κ1) is 17.4. The van der Waals surface area contributed by atoms with Crippen molar-refractivity contribution >= 4 is 5.91 Å². The Morgan fingerprint density at radius 1 is 1.40 bits per heavy atom. The summed E-state index contributed by atoms with van der Waals surface area (Å²) >= 11 is 0. The van der Waals surface area contributed by atoms with Gasteiger partial charge in [0.2, 0.25) is 0 Å². The van der Waals surface area contributed by atoms with Crippen molar-refractivity contribution in [3.63, 3.8) is 0 Å². The van der Waals surface area contributed by atoms with Gasteiger partial charge in [-0.05, 0) is 31.0 Å². The molecule has 2 aromatic heterocycles. The summed E-state index contributed by atoms with van der Waals surface area (Å²) in [5, 5.41) is 20.3. The number of carbonyl (C=O) groups is 1. The lowest BCUT2D eigenvalue weighted by Gasteiger charge is -2.21. The molecule has 1 amide bonds. The average Bonchev–Trinajstić information content (AvgIpc) is 3.18. The van der Waals surface area contributed by atoms with Crippen molar-refractivity contribution in [3.8, 4) is 5.75 Å². The van der Waals surface area contributed by atoms with Crippen LogP contribution in [0.5, 0.6) is 5.75 Å². The molecule has 3 atom stereocenters. The normalized spacial score (nSPS) is 23.4. The van der Waals surface area contributed by atoms with Gasteiger partial charge < -0.3 is 15.2 Å². The second kappa shape index (κ2) is 6.84. The number of aliphatic hydroxyl groups is 1. The average molecular weight is 344 g/mol. The topological polar surface area (TPSA) is 100 Å². The lowest BCUT2D eigenvalue weighted by Crippen LogP contribution is -2.44. The molecule has 0 radical (unpaired) electrons. The van der Waals surface area contributed by atoms with Crippen molar-refractivity contribution in [2.75, 3.05) is 0 Å². The molecule has 0 spiro atoms. The van der Waals surface area contributed by atoms with E-state index in [0.29, 0.717) is 24.3 Å². The predicted molar refractivity (Wildman–Crippen MR) is 92.4 cm³/mol. The monoisotopic (exact) mass is 344 g/mol. The van der Waals surface area contributed by atoms with Crippen LogP contribution >= 0.6 is 0 Å². The van der Waals surface area contributed by atoms with Gasteiger partial charge in [-0.1, -0.05) is 20.8 Å². The molecule has 1 fully saturated rings. The molecule has 2 aromatic rings. The molecule has 7 heteroatoms. The number of H-pyrrole nitrogens is 1. The highest BCUT2D eigenvalue weighted by atomic mass is 16.5. The minimum absolute atomic E-state index is 0.110. The summed E-state index contributed by atoms with van der Waals surface area (Å²) in [5.74, 6) is 0.318. The smallest absolute Gasteiger partial charge is 0.272 e. The van der Waals surface area contributed by atoms with Crippen LogP contribution in [0.15, 0.2) is 30.6 Å². The standard InChI is InChI=1S/C18H24N4O3/c1-18(2,3)15-9-13(21-22-15)17(24)20-12-6-7-14(16(12)23)25-11-5-4-8-19-10-11/h4-5,8-10,12,14,16,23H,6-7H2,1-3H3,(H,20,24)(H,21,22)/t12-,14-,16-/m1/s1. The molecule has 2 heterocycles. The number of rotatable bonds is 4. The second-order valence-electron chi connectivity index (χ2n) is 7.41. The zero-order valence-corrected chi connectivity index (χ0v) is 14.7. The highest BCUT2D eigenvalue weighted by molar-refractivity contribution is 5.92. The fourth-order valence-electron chi connectivity index (χ4n) is 2.89. The van der Waals surface area contributed by atoms with Crippen LogP contribution in [0.2, 0.25) is 0 Å². The van der Waals surface area contributed by atoms with Crippen LogP contribution in [-0.4, -0.2) is 44.4 Å². The van der Waals surface area contributed by atoms with Gasteiger partial charge in [-0.15, -0.1) is 0 Å². The van der Waals surface area contributed by atoms with E-state index in [4.69, 9.17) is 4.74 Å². The number of amides is 1. The lowest BCUT2D eigenvalue weighted by molar-refractivity contribution is 0.0432. The summed E-state index contributed by atoms with van der Waals surface area (Å²) in [5.41, 5.74) is 1.11. The summed E-state index contributed by atoms with van der Waals surface area (Å²) in [6.45, 7) is 6.13. The Morgan fingerprint density at radius 3 is 2.84 bits per heavy atom. The number of ether oxygens (including phenoxy) is 1. The number of nitrogens with one attached hydrogen (secondary N) is 2. The van der Waals surface area contributed by atoms with E-state index in [1.807, 2.05) is 20.8 Å². The Hall–Kier alpha value is -2.41. The van der Waals surface area contributed by atoms with Gasteiger partial charge in [0.1, 0.15) is 23.7 Å². The van der Waals surface area contributed by atoms with Gasteiger partial charge >= 0.3 is 0 Å². The molecule has 1 aliphatic carbocycles. The molecule has 1 saturated carbocycles. The molecule has 3 N–H and O–H groups in total. The van der Waals surface area contributed by atoms with Gasteiger partial charge in [0.05, 0.1) is 12.2 Å². The summed E-state index contributed by atoms with van der Waals surface area (Å²) in [7, 11) is 0. The lowest BCUT2D eigenvalue weighted by atomic mass is 9.92. The maximum Gasteiger partial charge on any atom is 0.272 e. The molecule has 134 valence electrons. The van der Waals surface area contributed by atoms with Crippen LogP contribution in [0.4, 0.5) is 0 Å². The first-order chi connectivity index (χ1) is 11.8. The molecule has 7 nitrogen and oxygen atoms in total. The van der Waals surface area contributed by atoms with E-state index in [0.717, 1.165) is 5.69 Å². The number of aromatic nitrogens is 3. The van der Waals surface area contributed by atoms with Crippen molar-refractivity contribution in [1.82, 2.24) is 20.5 Å². The second-order valence-corrected chi connectivity index (χ2v) is 7.41. The van der Waals surface area contributed by atoms with Gasteiger partial charge in [-0.25, -0.2) is 0 Å². The Balaban J connectivity index is 1.60. The minimum Gasteiger partial charge on any atom is -0.486 e. The number of hydrogen-bond donors (Lipinski definition) is 3. The third-order valence-electron chi connectivity index (χ3n) is 4.41. The fraction of sp³-hybridized carbons (Fsp3) is 0.500. The number of carbonyl (C=O) groups excluding carboxylic acids is 1. The van der Waals surface area contributed by atoms with Crippen LogP contribution in [0.3, 0.4) is 0 Å². The van der Waals surface area contributed by atoms with Crippen LogP contribution in [-0.2, 0) is 5.41 Å². The molecule has 0 saturated heterocycles. The third-order valence-corrected chi connectivity index (χ3v) is 4.41. The van der Waals surface area contributed by atoms with E-state index in [-0.39, 0.29) is 23.5 Å². The first-order valence-corrected chi connectivity index (χ1v) is 8.46. The van der Waals surface area contributed by atoms with E-state index in [9.17, 15) is 9.90 Å². The molecule has 0 aromatic carbocycles. The molecule has 1 aliphatic rings. The van der Waals surface area contributed by atoms with Gasteiger partial charge in [0.15, 0.2) is 0 Å². The summed E-state index contributed by atoms with van der Waals surface area (Å²) in [6, 6.07) is 4.97. The Kier molecular flexibility index (Phi) is 4.76. The van der Waals surface area contributed by atoms with Crippen molar-refractivity contribution in [2.45, 2.75) is 57.3 Å². The number of aliphatic hydroxyl groups excluding tert-OH is 1. The van der Waals surface area contributed by atoms with Crippen LogP contribution in [0.25, 0.3) is 0 Å². The first-order valence-electron chi connectivity index (χ1n) is 8.46. The van der Waals surface area contributed by atoms with Gasteiger partial charge in [-0.2, -0.15) is 5.10 Å². The quantitative estimate of drug-likeness (QED) is 0.785. The third kappa shape index (κ3) is 3.99. The number of nitrogens with zero attached hydrogens (tertiary/aromatic N) is 2. The Bertz CT molecular complexity index is 723. The van der Waals surface area contributed by atoms with Crippen molar-refractivity contribution in [3.05, 3.63) is 42.0 Å². The molecule has 0 aliphatic heterocycles. The van der Waals surface area contributed by atoms with E-state index < -0.39 is 6.10 Å². The van der Waals surface area contributed by atoms with Crippen molar-refractivity contribution in [1.29, 1.82) is 0 Å². The molecular formula is C18H24N4O3. The van der Waals surface area contributed by atoms with Crippen molar-refractivity contribution in [2.24, 2.45) is 0 Å². The predicted octanol–water partition coefficient (Wildman–Crippen LogP) is 1.80. The molecule has 0 bridgehead atoms. The maximum atomic E-state index is 12.4. The zero-order chi connectivity index (χ0) is 18.0. The zero-order valence-electron chi connectivity index (χ0n) is 14.7. The van der Waals surface area contributed by atoms with E-state index in [2.05, 4.69) is 20.5 Å². The summed E-state index contributed by atoms with van der Waals surface area (Å²) in [6.07, 6.45) is 3.44. The van der Waals surface area contributed by atoms with Gasteiger partial charge in [-0.3, -0.25) is 14.9 Å². The van der Waals surface area contributed by atoms with Gasteiger partial charge in [0.25, 0.3) is 5.91 Å². The fourth-order valence-corrected chi connectivity index (χ4v) is 2.89. The number of pyridine rings is 1. The van der Waals surface area contributed by atoms with E-state index in [1.165, 1.54) is 0 Å². The van der Waals surface area contributed by atoms with Crippen LogP contribution in [0.1, 0.15) is 49.8 Å². The SMILES string of the molecule is CC(C)(C)c1cc(C(=O)N[C@@H]2CC[C@@H](Oc3cccnc3)[C@@H]2O)n[nH]1. The van der Waals surface area contributed by atoms with Crippen molar-refractivity contribution < 1.29 is 14.6 Å². The highest BCUT2D eigenvalue weighted by Gasteiger charge is 2.37. The van der Waals surface area contributed by atoms with Crippen LogP contribution < -0.4 is 10.1 Å². The molecule has 0 unspecified atom stereocenters. The Labute approximate surface area is 146 Å².